The zero-order valence-corrected chi connectivity index (χ0v) is 23.0. The first-order valence-electron chi connectivity index (χ1n) is 12.4. The minimum atomic E-state index is -4.35. The third-order valence-corrected chi connectivity index (χ3v) is 7.76. The highest BCUT2D eigenvalue weighted by Gasteiger charge is 2.30. The van der Waals surface area contributed by atoms with Crippen LogP contribution in [0.1, 0.15) is 31.5 Å². The Labute approximate surface area is 238 Å². The molecule has 2 aromatic carbocycles. The lowest BCUT2D eigenvalue weighted by Crippen LogP contribution is -2.36. The summed E-state index contributed by atoms with van der Waals surface area (Å²) in [7, 11) is -4.35. The molecule has 15 heteroatoms. The molecule has 0 bridgehead atoms. The van der Waals surface area contributed by atoms with E-state index >= 15 is 4.39 Å². The average Bonchev–Trinajstić information content (AvgIpc) is 3.67. The molecule has 11 nitrogen and oxygen atoms in total. The van der Waals surface area contributed by atoms with Crippen LogP contribution in [0.3, 0.4) is 0 Å². The fourth-order valence-electron chi connectivity index (χ4n) is 4.08. The van der Waals surface area contributed by atoms with Gasteiger partial charge in [0.2, 0.25) is 5.95 Å². The summed E-state index contributed by atoms with van der Waals surface area (Å²) >= 11 is 6.30. The maximum Gasteiger partial charge on any atom is 0.404 e. The Hall–Kier alpha value is -4.30. The fourth-order valence-corrected chi connectivity index (χ4v) is 5.38. The van der Waals surface area contributed by atoms with Gasteiger partial charge in [-0.2, -0.15) is 0 Å². The number of aromatic amines is 1. The Balaban J connectivity index is 1.52. The number of nitrogens with one attached hydrogen (secondary N) is 4. The molecule has 1 atom stereocenters. The smallest absolute Gasteiger partial charge is 0.404 e. The average molecular weight is 604 g/mol. The summed E-state index contributed by atoms with van der Waals surface area (Å²) in [5.41, 5.74) is 0.346. The molecule has 5 rings (SSSR count). The van der Waals surface area contributed by atoms with Crippen molar-refractivity contribution >= 4 is 39.4 Å². The quantitative estimate of drug-likeness (QED) is 0.165. The molecule has 214 valence electrons. The number of hydrogen-bond donors (Lipinski definition) is 5. The van der Waals surface area contributed by atoms with Gasteiger partial charge in [-0.1, -0.05) is 17.7 Å². The van der Waals surface area contributed by atoms with E-state index in [-0.39, 0.29) is 39.6 Å². The topological polar surface area (TPSA) is 162 Å². The summed E-state index contributed by atoms with van der Waals surface area (Å²) in [5.74, 6) is -0.738. The second-order valence-electron chi connectivity index (χ2n) is 9.49. The Morgan fingerprint density at radius 3 is 2.68 bits per heavy atom. The molecule has 1 aliphatic rings. The monoisotopic (exact) mass is 603 g/mol. The van der Waals surface area contributed by atoms with Crippen LogP contribution in [0, 0.1) is 11.6 Å². The van der Waals surface area contributed by atoms with Gasteiger partial charge in [0.05, 0.1) is 22.0 Å². The van der Waals surface area contributed by atoms with E-state index in [1.165, 1.54) is 24.4 Å². The van der Waals surface area contributed by atoms with Crippen molar-refractivity contribution in [3.63, 3.8) is 0 Å². The first kappa shape index (κ1) is 28.2. The molecule has 4 aromatic rings. The lowest BCUT2D eigenvalue weighted by Gasteiger charge is -2.13. The highest BCUT2D eigenvalue weighted by atomic mass is 35.5. The number of hydrogen-bond acceptors (Lipinski definition) is 7. The molecule has 1 saturated carbocycles. The second kappa shape index (κ2) is 11.3. The van der Waals surface area contributed by atoms with E-state index < -0.39 is 39.5 Å². The van der Waals surface area contributed by atoms with Crippen molar-refractivity contribution in [3.8, 4) is 22.6 Å². The molecule has 5 N–H and O–H groups in total. The molecular weight excluding hydrogens is 580 g/mol. The number of carbonyl (C=O) groups is 1. The highest BCUT2D eigenvalue weighted by Crippen LogP contribution is 2.43. The van der Waals surface area contributed by atoms with E-state index in [0.29, 0.717) is 17.2 Å². The van der Waals surface area contributed by atoms with E-state index in [1.807, 2.05) is 0 Å². The van der Waals surface area contributed by atoms with E-state index in [0.717, 1.165) is 31.0 Å². The summed E-state index contributed by atoms with van der Waals surface area (Å²) < 4.78 is 57.6. The van der Waals surface area contributed by atoms with Crippen molar-refractivity contribution in [2.24, 2.45) is 0 Å². The van der Waals surface area contributed by atoms with E-state index in [9.17, 15) is 17.6 Å². The van der Waals surface area contributed by atoms with Crippen LogP contribution in [0.2, 0.25) is 5.02 Å². The van der Waals surface area contributed by atoms with Crippen molar-refractivity contribution in [2.75, 3.05) is 16.6 Å². The number of anilines is 2. The Morgan fingerprint density at radius 1 is 1.20 bits per heavy atom. The number of imidazole rings is 1. The number of amides is 1. The summed E-state index contributed by atoms with van der Waals surface area (Å²) in [4.78, 5) is 27.0. The normalized spacial score (nSPS) is 14.0. The number of carboxylic acid groups (broad SMARTS) is 1. The number of sulfonamides is 1. The van der Waals surface area contributed by atoms with Crippen LogP contribution in [0.15, 0.2) is 53.6 Å². The molecule has 1 fully saturated rings. The maximum atomic E-state index is 16.0. The van der Waals surface area contributed by atoms with E-state index in [1.54, 1.807) is 13.0 Å². The molecule has 2 aromatic heterocycles. The van der Waals surface area contributed by atoms with Crippen molar-refractivity contribution in [1.82, 2.24) is 25.3 Å². The SMILES string of the molecule is CC(CNc1nccc(-c2[nH]c(C3CC3)nc2-c2cc(Cl)cc(NS(=O)(=O)c3cccc(F)c3)c2F)n1)NC(=O)O. The third-order valence-electron chi connectivity index (χ3n) is 6.18. The van der Waals surface area contributed by atoms with Gasteiger partial charge in [0, 0.05) is 35.3 Å². The van der Waals surface area contributed by atoms with Gasteiger partial charge in [0.1, 0.15) is 17.3 Å². The molecule has 2 heterocycles. The molecule has 0 radical (unpaired) electrons. The number of benzene rings is 2. The molecule has 0 spiro atoms. The zero-order chi connectivity index (χ0) is 29.3. The van der Waals surface area contributed by atoms with Crippen LogP contribution in [0.4, 0.5) is 25.2 Å². The molecule has 1 unspecified atom stereocenters. The van der Waals surface area contributed by atoms with Gasteiger partial charge >= 0.3 is 6.09 Å². The maximum absolute atomic E-state index is 16.0. The van der Waals surface area contributed by atoms with Crippen molar-refractivity contribution < 1.29 is 27.1 Å². The molecule has 1 amide bonds. The van der Waals surface area contributed by atoms with Gasteiger partial charge in [-0.05, 0) is 56.2 Å². The van der Waals surface area contributed by atoms with Gasteiger partial charge < -0.3 is 20.7 Å². The van der Waals surface area contributed by atoms with E-state index in [2.05, 4.69) is 35.3 Å². The fraction of sp³-hybridized carbons (Fsp3) is 0.231. The molecule has 0 aliphatic heterocycles. The Kier molecular flexibility index (Phi) is 7.78. The number of aromatic nitrogens is 4. The third kappa shape index (κ3) is 6.55. The zero-order valence-electron chi connectivity index (χ0n) is 21.5. The standard InChI is InChI=1S/C26H24ClF2N7O4S/c1-13(32-26(37)38)12-31-25-30-8-7-19(33-25)23-22(34-24(35-23)14-5-6-14)18-9-15(27)10-20(21(18)29)36-41(39,40)17-4-2-3-16(28)11-17/h2-4,7-11,13-14,32,36H,5-6,12H2,1H3,(H,34,35)(H,37,38)(H,30,31,33). The lowest BCUT2D eigenvalue weighted by atomic mass is 10.1. The number of rotatable bonds is 10. The van der Waals surface area contributed by atoms with Crippen molar-refractivity contribution in [3.05, 3.63) is 71.1 Å². The first-order chi connectivity index (χ1) is 19.5. The van der Waals surface area contributed by atoms with Crippen LogP contribution in [-0.2, 0) is 10.0 Å². The van der Waals surface area contributed by atoms with Crippen molar-refractivity contribution in [1.29, 1.82) is 0 Å². The van der Waals surface area contributed by atoms with Crippen LogP contribution >= 0.6 is 11.6 Å². The second-order valence-corrected chi connectivity index (χ2v) is 11.6. The minimum absolute atomic E-state index is 0.0326. The minimum Gasteiger partial charge on any atom is -0.465 e. The Bertz CT molecular complexity index is 1730. The largest absolute Gasteiger partial charge is 0.465 e. The molecule has 41 heavy (non-hydrogen) atoms. The number of halogens is 3. The lowest BCUT2D eigenvalue weighted by molar-refractivity contribution is 0.191. The van der Waals surface area contributed by atoms with Crippen LogP contribution in [-0.4, -0.2) is 52.1 Å². The van der Waals surface area contributed by atoms with Gasteiger partial charge in [-0.25, -0.2) is 36.9 Å². The highest BCUT2D eigenvalue weighted by molar-refractivity contribution is 7.92. The van der Waals surface area contributed by atoms with Crippen LogP contribution in [0.5, 0.6) is 0 Å². The number of H-pyrrole nitrogens is 1. The van der Waals surface area contributed by atoms with Crippen LogP contribution < -0.4 is 15.4 Å². The molecule has 0 saturated heterocycles. The van der Waals surface area contributed by atoms with E-state index in [4.69, 9.17) is 16.7 Å². The predicted octanol–water partition coefficient (Wildman–Crippen LogP) is 5.21. The predicted molar refractivity (Wildman–Crippen MR) is 148 cm³/mol. The summed E-state index contributed by atoms with van der Waals surface area (Å²) in [5, 5.41) is 14.2. The van der Waals surface area contributed by atoms with Gasteiger partial charge in [0.25, 0.3) is 10.0 Å². The van der Waals surface area contributed by atoms with Gasteiger partial charge in [-0.15, -0.1) is 0 Å². The van der Waals surface area contributed by atoms with Crippen LogP contribution in [0.25, 0.3) is 22.6 Å². The summed E-state index contributed by atoms with van der Waals surface area (Å²) in [6.45, 7) is 1.87. The van der Waals surface area contributed by atoms with Gasteiger partial charge in [0.15, 0.2) is 5.82 Å². The molecule has 1 aliphatic carbocycles. The summed E-state index contributed by atoms with van der Waals surface area (Å²) in [6, 6.07) is 7.92. The van der Waals surface area contributed by atoms with Crippen molar-refractivity contribution in [2.45, 2.75) is 36.6 Å². The molecular formula is C26H24ClF2N7O4S. The van der Waals surface area contributed by atoms with Gasteiger partial charge in [-0.3, -0.25) is 4.72 Å². The Morgan fingerprint density at radius 2 is 1.98 bits per heavy atom. The number of nitrogens with zero attached hydrogens (tertiary/aromatic N) is 3. The first-order valence-corrected chi connectivity index (χ1v) is 14.3. The summed E-state index contributed by atoms with van der Waals surface area (Å²) in [6.07, 6.45) is 2.11.